The van der Waals surface area contributed by atoms with Crippen LogP contribution in [0.1, 0.15) is 16.1 Å². The minimum absolute atomic E-state index is 0.229. The Balaban J connectivity index is 2.79. The fourth-order valence-electron chi connectivity index (χ4n) is 1.89. The van der Waals surface area contributed by atoms with Crippen molar-refractivity contribution in [3.05, 3.63) is 35.5 Å². The first kappa shape index (κ1) is 13.9. The van der Waals surface area contributed by atoms with Crippen LogP contribution in [0.3, 0.4) is 0 Å². The number of aromatic carboxylic acids is 1. The molecule has 0 aliphatic rings. The van der Waals surface area contributed by atoms with Crippen LogP contribution in [0.5, 0.6) is 0 Å². The summed E-state index contributed by atoms with van der Waals surface area (Å²) < 4.78 is 37.8. The summed E-state index contributed by atoms with van der Waals surface area (Å²) in [6, 6.07) is 6.41. The Morgan fingerprint density at radius 3 is 2.45 bits per heavy atom. The number of nitrogens with two attached hydrogens (primary N) is 1. The molecule has 0 saturated heterocycles. The monoisotopic (exact) mass is 285 g/mol. The van der Waals surface area contributed by atoms with Gasteiger partial charge in [-0.3, -0.25) is 0 Å². The molecule has 2 rings (SSSR count). The zero-order valence-corrected chi connectivity index (χ0v) is 10.3. The van der Waals surface area contributed by atoms with Crippen LogP contribution >= 0.6 is 0 Å². The van der Waals surface area contributed by atoms with Gasteiger partial charge in [0.25, 0.3) is 0 Å². The van der Waals surface area contributed by atoms with E-state index in [1.807, 2.05) is 0 Å². The average Bonchev–Trinajstić information content (AvgIpc) is 2.67. The summed E-state index contributed by atoms with van der Waals surface area (Å²) in [6.07, 6.45) is -4.88. The summed E-state index contributed by atoms with van der Waals surface area (Å²) in [5.41, 5.74) is 5.39. The molecule has 0 aliphatic heterocycles. The predicted molar refractivity (Wildman–Crippen MR) is 65.1 cm³/mol. The van der Waals surface area contributed by atoms with E-state index in [0.717, 1.165) is 0 Å². The number of carbonyl (C=O) groups is 1. The highest BCUT2D eigenvalue weighted by Crippen LogP contribution is 2.36. The predicted octanol–water partition coefficient (Wildman–Crippen LogP) is 2.62. The molecule has 0 saturated carbocycles. The van der Waals surface area contributed by atoms with E-state index in [0.29, 0.717) is 11.1 Å². The number of anilines is 1. The van der Waals surface area contributed by atoms with Crippen LogP contribution in [0.15, 0.2) is 24.3 Å². The smallest absolute Gasteiger partial charge is 0.476 e. The number of hydrogen-bond donors (Lipinski definition) is 2. The van der Waals surface area contributed by atoms with Crippen LogP contribution in [0.4, 0.5) is 19.0 Å². The van der Waals surface area contributed by atoms with Crippen LogP contribution in [-0.4, -0.2) is 20.9 Å². The van der Waals surface area contributed by atoms with E-state index in [-0.39, 0.29) is 5.56 Å². The maximum Gasteiger partial charge on any atom is 0.506 e. The normalized spacial score (nSPS) is 11.6. The lowest BCUT2D eigenvalue weighted by Gasteiger charge is -2.09. The van der Waals surface area contributed by atoms with Gasteiger partial charge in [0.2, 0.25) is 0 Å². The van der Waals surface area contributed by atoms with E-state index < -0.39 is 28.5 Å². The molecular formula is C12H10F3N3O2. The second-order valence-electron chi connectivity index (χ2n) is 4.11. The van der Waals surface area contributed by atoms with E-state index in [1.165, 1.54) is 6.07 Å². The molecule has 1 aromatic carbocycles. The van der Waals surface area contributed by atoms with Gasteiger partial charge in [-0.05, 0) is 18.1 Å². The van der Waals surface area contributed by atoms with Crippen molar-refractivity contribution >= 4 is 11.8 Å². The minimum Gasteiger partial charge on any atom is -0.476 e. The van der Waals surface area contributed by atoms with Crippen molar-refractivity contribution in [2.45, 2.75) is 13.2 Å². The largest absolute Gasteiger partial charge is 0.506 e. The van der Waals surface area contributed by atoms with E-state index >= 15 is 0 Å². The van der Waals surface area contributed by atoms with E-state index in [2.05, 4.69) is 5.10 Å². The number of hydrogen-bond acceptors (Lipinski definition) is 3. The lowest BCUT2D eigenvalue weighted by atomic mass is 10.0. The molecule has 2 aromatic rings. The van der Waals surface area contributed by atoms with Gasteiger partial charge in [-0.1, -0.05) is 24.3 Å². The minimum atomic E-state index is -4.88. The number of aryl methyl sites for hydroxylation is 1. The second-order valence-corrected chi connectivity index (χ2v) is 4.11. The van der Waals surface area contributed by atoms with Crippen LogP contribution in [-0.2, 0) is 6.30 Å². The molecule has 0 bridgehead atoms. The van der Waals surface area contributed by atoms with Crippen molar-refractivity contribution in [1.82, 2.24) is 9.78 Å². The summed E-state index contributed by atoms with van der Waals surface area (Å²) in [6.45, 7) is 1.64. The molecule has 8 heteroatoms. The molecule has 0 unspecified atom stereocenters. The van der Waals surface area contributed by atoms with Gasteiger partial charge in [0.15, 0.2) is 5.69 Å². The number of rotatable bonds is 2. The fraction of sp³-hybridized carbons (Fsp3) is 0.167. The van der Waals surface area contributed by atoms with Gasteiger partial charge < -0.3 is 10.8 Å². The van der Waals surface area contributed by atoms with Crippen LogP contribution in [0, 0.1) is 6.92 Å². The highest BCUT2D eigenvalue weighted by Gasteiger charge is 2.38. The Hall–Kier alpha value is -2.51. The van der Waals surface area contributed by atoms with Gasteiger partial charge >= 0.3 is 12.3 Å². The molecule has 0 aliphatic carbocycles. The number of benzene rings is 1. The molecule has 0 atom stereocenters. The molecule has 0 amide bonds. The number of nitrogen functional groups attached to an aromatic ring is 1. The van der Waals surface area contributed by atoms with Crippen molar-refractivity contribution in [2.24, 2.45) is 0 Å². The number of carboxylic acids is 1. The molecule has 1 heterocycles. The highest BCUT2D eigenvalue weighted by atomic mass is 19.4. The Morgan fingerprint density at radius 2 is 1.95 bits per heavy atom. The molecular weight excluding hydrogens is 275 g/mol. The van der Waals surface area contributed by atoms with Crippen molar-refractivity contribution in [1.29, 1.82) is 0 Å². The van der Waals surface area contributed by atoms with Gasteiger partial charge in [0.05, 0.1) is 5.56 Å². The van der Waals surface area contributed by atoms with Gasteiger partial charge in [-0.25, -0.2) is 4.79 Å². The second kappa shape index (κ2) is 4.55. The van der Waals surface area contributed by atoms with E-state index in [1.54, 1.807) is 25.1 Å². The maximum atomic E-state index is 12.7. The van der Waals surface area contributed by atoms with Gasteiger partial charge in [0.1, 0.15) is 5.82 Å². The fourth-order valence-corrected chi connectivity index (χ4v) is 1.89. The maximum absolute atomic E-state index is 12.7. The number of alkyl halides is 3. The summed E-state index contributed by atoms with van der Waals surface area (Å²) in [5.74, 6) is -2.32. The standard InChI is InChI=1S/C12H10F3N3O2/c1-6-4-2-3-5-7(6)8-9(11(19)20)17-18(10(8)16)12(13,14)15/h2-5H,16H2,1H3,(H,19,20). The molecule has 1 aromatic heterocycles. The summed E-state index contributed by atoms with van der Waals surface area (Å²) >= 11 is 0. The molecule has 0 radical (unpaired) electrons. The molecule has 0 spiro atoms. The first-order valence-corrected chi connectivity index (χ1v) is 5.48. The number of nitrogens with zero attached hydrogens (tertiary/aromatic N) is 2. The van der Waals surface area contributed by atoms with Crippen LogP contribution in [0.2, 0.25) is 0 Å². The molecule has 3 N–H and O–H groups in total. The van der Waals surface area contributed by atoms with Crippen molar-refractivity contribution < 1.29 is 23.1 Å². The Labute approximate surface area is 111 Å². The number of carboxylic acid groups (broad SMARTS) is 1. The van der Waals surface area contributed by atoms with E-state index in [9.17, 15) is 18.0 Å². The summed E-state index contributed by atoms with van der Waals surface area (Å²) in [7, 11) is 0. The first-order valence-electron chi connectivity index (χ1n) is 5.48. The summed E-state index contributed by atoms with van der Waals surface area (Å²) in [5, 5.41) is 12.1. The quantitative estimate of drug-likeness (QED) is 0.888. The van der Waals surface area contributed by atoms with Crippen LogP contribution < -0.4 is 5.73 Å². The number of halogens is 3. The van der Waals surface area contributed by atoms with Crippen molar-refractivity contribution in [2.75, 3.05) is 5.73 Å². The van der Waals surface area contributed by atoms with Gasteiger partial charge in [0, 0.05) is 0 Å². The SMILES string of the molecule is Cc1ccccc1-c1c(C(=O)O)nn(C(F)(F)F)c1N. The zero-order valence-electron chi connectivity index (χ0n) is 10.3. The first-order chi connectivity index (χ1) is 9.23. The van der Waals surface area contributed by atoms with Gasteiger partial charge in [-0.2, -0.15) is 9.78 Å². The molecule has 20 heavy (non-hydrogen) atoms. The Morgan fingerprint density at radius 1 is 1.35 bits per heavy atom. The summed E-state index contributed by atoms with van der Waals surface area (Å²) in [4.78, 5) is 11.1. The topological polar surface area (TPSA) is 81.1 Å². The molecule has 5 nitrogen and oxygen atoms in total. The van der Waals surface area contributed by atoms with Crippen molar-refractivity contribution in [3.8, 4) is 11.1 Å². The lowest BCUT2D eigenvalue weighted by molar-refractivity contribution is -0.210. The third kappa shape index (κ3) is 2.20. The van der Waals surface area contributed by atoms with E-state index in [4.69, 9.17) is 10.8 Å². The molecule has 106 valence electrons. The lowest BCUT2D eigenvalue weighted by Crippen LogP contribution is -2.20. The third-order valence-electron chi connectivity index (χ3n) is 2.78. The van der Waals surface area contributed by atoms with Crippen LogP contribution in [0.25, 0.3) is 11.1 Å². The molecule has 0 fully saturated rings. The highest BCUT2D eigenvalue weighted by molar-refractivity contribution is 5.98. The van der Waals surface area contributed by atoms with Crippen molar-refractivity contribution in [3.63, 3.8) is 0 Å². The Bertz CT molecular complexity index is 677. The van der Waals surface area contributed by atoms with Gasteiger partial charge in [-0.15, -0.1) is 13.2 Å². The zero-order chi connectivity index (χ0) is 15.1. The number of aromatic nitrogens is 2. The third-order valence-corrected chi connectivity index (χ3v) is 2.78. The average molecular weight is 285 g/mol. The Kier molecular flexibility index (Phi) is 3.16.